The lowest BCUT2D eigenvalue weighted by Crippen LogP contribution is -2.47. The summed E-state index contributed by atoms with van der Waals surface area (Å²) in [7, 11) is 0. The number of fused-ring (bicyclic) bond motifs is 3. The zero-order valence-corrected chi connectivity index (χ0v) is 17.9. The van der Waals surface area contributed by atoms with E-state index in [1.165, 1.54) is 0 Å². The molecule has 0 bridgehead atoms. The van der Waals surface area contributed by atoms with E-state index in [9.17, 15) is 4.79 Å². The number of hydrogen-bond donors (Lipinski definition) is 0. The van der Waals surface area contributed by atoms with Gasteiger partial charge in [-0.15, -0.1) is 11.7 Å². The van der Waals surface area contributed by atoms with Crippen LogP contribution in [0.5, 0.6) is 0 Å². The van der Waals surface area contributed by atoms with Crippen LogP contribution in [-0.2, 0) is 13.2 Å². The Morgan fingerprint density at radius 3 is 2.55 bits per heavy atom. The van der Waals surface area contributed by atoms with Gasteiger partial charge in [0.2, 0.25) is 10.5 Å². The van der Waals surface area contributed by atoms with Gasteiger partial charge in [0.05, 0.1) is 17.6 Å². The maximum Gasteiger partial charge on any atom is 0.263 e. The highest BCUT2D eigenvalue weighted by Gasteiger charge is 2.20. The fraction of sp³-hybridized carbons (Fsp3) is 0.476. The van der Waals surface area contributed by atoms with E-state index in [-0.39, 0.29) is 5.56 Å². The van der Waals surface area contributed by atoms with Crippen molar-refractivity contribution in [2.45, 2.75) is 27.1 Å². The van der Waals surface area contributed by atoms with Crippen LogP contribution < -0.4 is 5.56 Å². The highest BCUT2D eigenvalue weighted by Crippen LogP contribution is 2.15. The quantitative estimate of drug-likeness (QED) is 0.460. The molecule has 0 saturated carbocycles. The molecule has 154 valence electrons. The molecule has 0 atom stereocenters. The van der Waals surface area contributed by atoms with Gasteiger partial charge in [0.1, 0.15) is 0 Å². The average Bonchev–Trinajstić information content (AvgIpc) is 3.02. The maximum atomic E-state index is 13.0. The van der Waals surface area contributed by atoms with Crippen molar-refractivity contribution in [3.8, 4) is 0 Å². The summed E-state index contributed by atoms with van der Waals surface area (Å²) in [5.74, 6) is 1.25. The molecular formula is C21H28N6OS. The molecule has 0 N–H and O–H groups in total. The van der Waals surface area contributed by atoms with Crippen LogP contribution in [0.2, 0.25) is 0 Å². The van der Waals surface area contributed by atoms with Crippen molar-refractivity contribution < 1.29 is 0 Å². The second-order valence-electron chi connectivity index (χ2n) is 8.09. The molecule has 0 radical (unpaired) electrons. The molecule has 4 rings (SSSR count). The van der Waals surface area contributed by atoms with Crippen molar-refractivity contribution in [3.05, 3.63) is 52.0 Å². The lowest BCUT2D eigenvalue weighted by Gasteiger charge is -2.35. The molecule has 1 aliphatic rings. The van der Waals surface area contributed by atoms with Crippen molar-refractivity contribution in [2.24, 2.45) is 5.92 Å². The second kappa shape index (κ2) is 8.22. The van der Waals surface area contributed by atoms with Gasteiger partial charge in [0, 0.05) is 39.3 Å². The first-order valence-electron chi connectivity index (χ1n) is 10.2. The van der Waals surface area contributed by atoms with Gasteiger partial charge in [-0.1, -0.05) is 32.1 Å². The number of piperazine rings is 1. The summed E-state index contributed by atoms with van der Waals surface area (Å²) in [5, 5.41) is 5.38. The van der Waals surface area contributed by atoms with Crippen molar-refractivity contribution in [3.63, 3.8) is 0 Å². The minimum Gasteiger partial charge on any atom is -0.301 e. The normalized spacial score (nSPS) is 16.2. The van der Waals surface area contributed by atoms with Crippen LogP contribution in [0.4, 0.5) is 0 Å². The summed E-state index contributed by atoms with van der Waals surface area (Å²) in [5.41, 5.74) is 0.730. The van der Waals surface area contributed by atoms with E-state index in [0.717, 1.165) is 38.2 Å². The van der Waals surface area contributed by atoms with E-state index in [0.29, 0.717) is 35.1 Å². The number of aromatic nitrogens is 4. The van der Waals surface area contributed by atoms with Gasteiger partial charge in [-0.2, -0.15) is 0 Å². The fourth-order valence-electron chi connectivity index (χ4n) is 4.07. The molecule has 1 aliphatic heterocycles. The third kappa shape index (κ3) is 3.80. The smallest absolute Gasteiger partial charge is 0.263 e. The molecule has 3 heterocycles. The van der Waals surface area contributed by atoms with Gasteiger partial charge in [0.25, 0.3) is 5.56 Å². The Balaban J connectivity index is 1.70. The van der Waals surface area contributed by atoms with Gasteiger partial charge in [-0.25, -0.2) is 4.68 Å². The summed E-state index contributed by atoms with van der Waals surface area (Å²) in [6.07, 6.45) is 1.71. The van der Waals surface area contributed by atoms with Crippen molar-refractivity contribution in [2.75, 3.05) is 32.7 Å². The van der Waals surface area contributed by atoms with Crippen LogP contribution in [0.1, 0.15) is 13.8 Å². The number of benzene rings is 1. The van der Waals surface area contributed by atoms with E-state index in [1.54, 1.807) is 10.6 Å². The number of rotatable bonds is 6. The monoisotopic (exact) mass is 412 g/mol. The van der Waals surface area contributed by atoms with E-state index < -0.39 is 0 Å². The van der Waals surface area contributed by atoms with E-state index in [4.69, 9.17) is 17.3 Å². The Morgan fingerprint density at radius 2 is 1.86 bits per heavy atom. The predicted octanol–water partition coefficient (Wildman–Crippen LogP) is 2.60. The van der Waals surface area contributed by atoms with Crippen LogP contribution in [-0.4, -0.2) is 61.3 Å². The number of hydrogen-bond acceptors (Lipinski definition) is 5. The molecule has 3 aromatic rings. The number of allylic oxidation sites excluding steroid dienone is 1. The lowest BCUT2D eigenvalue weighted by atomic mass is 10.2. The zero-order chi connectivity index (χ0) is 20.5. The molecule has 1 aromatic carbocycles. The van der Waals surface area contributed by atoms with Gasteiger partial charge in [-0.05, 0) is 30.3 Å². The Labute approximate surface area is 175 Å². The molecular weight excluding hydrogens is 384 g/mol. The highest BCUT2D eigenvalue weighted by atomic mass is 32.1. The van der Waals surface area contributed by atoms with Crippen LogP contribution in [0.25, 0.3) is 16.7 Å². The van der Waals surface area contributed by atoms with Gasteiger partial charge < -0.3 is 4.90 Å². The van der Waals surface area contributed by atoms with Crippen LogP contribution >= 0.6 is 12.2 Å². The minimum atomic E-state index is -0.0672. The Hall–Kier alpha value is -2.29. The first-order chi connectivity index (χ1) is 14.0. The molecule has 0 aliphatic carbocycles. The van der Waals surface area contributed by atoms with Crippen LogP contribution in [0.15, 0.2) is 41.7 Å². The van der Waals surface area contributed by atoms with Gasteiger partial charge in [0.15, 0.2) is 0 Å². The van der Waals surface area contributed by atoms with Gasteiger partial charge in [-0.3, -0.25) is 18.7 Å². The number of para-hydroxylation sites is 1. The summed E-state index contributed by atoms with van der Waals surface area (Å²) in [4.78, 5) is 17.9. The van der Waals surface area contributed by atoms with E-state index >= 15 is 0 Å². The molecule has 1 saturated heterocycles. The number of nitrogens with zero attached hydrogens (tertiary/aromatic N) is 6. The molecule has 29 heavy (non-hydrogen) atoms. The van der Waals surface area contributed by atoms with E-state index in [2.05, 4.69) is 30.2 Å². The zero-order valence-electron chi connectivity index (χ0n) is 17.1. The summed E-state index contributed by atoms with van der Waals surface area (Å²) in [6.45, 7) is 14.6. The first kappa shape index (κ1) is 20.0. The highest BCUT2D eigenvalue weighted by molar-refractivity contribution is 7.71. The lowest BCUT2D eigenvalue weighted by molar-refractivity contribution is 0.0952. The predicted molar refractivity (Wildman–Crippen MR) is 119 cm³/mol. The topological polar surface area (TPSA) is 50.7 Å². The van der Waals surface area contributed by atoms with Crippen LogP contribution in [0, 0.1) is 10.7 Å². The summed E-state index contributed by atoms with van der Waals surface area (Å²) < 4.78 is 6.00. The molecule has 0 spiro atoms. The molecule has 1 fully saturated rings. The molecule has 0 unspecified atom stereocenters. The fourth-order valence-corrected chi connectivity index (χ4v) is 4.35. The van der Waals surface area contributed by atoms with Crippen molar-refractivity contribution in [1.29, 1.82) is 0 Å². The van der Waals surface area contributed by atoms with Crippen molar-refractivity contribution in [1.82, 2.24) is 28.5 Å². The Morgan fingerprint density at radius 1 is 1.17 bits per heavy atom. The largest absolute Gasteiger partial charge is 0.301 e. The third-order valence-electron chi connectivity index (χ3n) is 5.42. The maximum absolute atomic E-state index is 13.0. The molecule has 2 aromatic heterocycles. The first-order valence-corrected chi connectivity index (χ1v) is 10.6. The molecule has 0 amide bonds. The third-order valence-corrected chi connectivity index (χ3v) is 5.81. The SMILES string of the molecule is C=CCn1c(=O)c2ccccc2n2c(=S)n(CN3CCN(CC(C)C)CC3)nc12. The Bertz CT molecular complexity index is 1150. The molecule has 8 heteroatoms. The Kier molecular flexibility index (Phi) is 5.67. The average molecular weight is 413 g/mol. The summed E-state index contributed by atoms with van der Waals surface area (Å²) >= 11 is 5.78. The summed E-state index contributed by atoms with van der Waals surface area (Å²) in [6, 6.07) is 7.56. The van der Waals surface area contributed by atoms with Crippen LogP contribution in [0.3, 0.4) is 0 Å². The van der Waals surface area contributed by atoms with Crippen molar-refractivity contribution >= 4 is 28.9 Å². The second-order valence-corrected chi connectivity index (χ2v) is 8.46. The standard InChI is InChI=1S/C21H28N6OS/c1-4-9-25-19(28)17-7-5-6-8-18(17)27-20(25)22-26(21(27)29)15-24-12-10-23(11-13-24)14-16(2)3/h4-8,16H,1,9-15H2,2-3H3. The van der Waals surface area contributed by atoms with Gasteiger partial charge >= 0.3 is 0 Å². The molecule has 7 nitrogen and oxygen atoms in total. The van der Waals surface area contributed by atoms with E-state index in [1.807, 2.05) is 33.3 Å². The minimum absolute atomic E-state index is 0.0672.